The van der Waals surface area contributed by atoms with Crippen molar-refractivity contribution in [3.8, 4) is 0 Å². The summed E-state index contributed by atoms with van der Waals surface area (Å²) in [5, 5.41) is 7.77. The molecule has 0 radical (unpaired) electrons. The summed E-state index contributed by atoms with van der Waals surface area (Å²) < 4.78 is 0. The first-order chi connectivity index (χ1) is 8.75. The highest BCUT2D eigenvalue weighted by atomic mass is 16.2. The van der Waals surface area contributed by atoms with Gasteiger partial charge in [0, 0.05) is 24.2 Å². The second-order valence-electron chi connectivity index (χ2n) is 4.39. The maximum Gasteiger partial charge on any atom is 0.275 e. The number of amides is 1. The number of carbonyl (C=O) groups is 1. The van der Waals surface area contributed by atoms with Crippen molar-refractivity contribution in [2.24, 2.45) is 0 Å². The molecule has 0 bridgehead atoms. The fourth-order valence-electron chi connectivity index (χ4n) is 2.17. The van der Waals surface area contributed by atoms with Gasteiger partial charge in [0.15, 0.2) is 5.69 Å². The highest BCUT2D eigenvalue weighted by Crippen LogP contribution is 2.20. The molecule has 0 spiro atoms. The zero-order chi connectivity index (χ0) is 12.5. The molecule has 5 heteroatoms. The van der Waals surface area contributed by atoms with E-state index in [2.05, 4.69) is 16.3 Å². The number of anilines is 1. The molecule has 5 nitrogen and oxygen atoms in total. The molecular formula is C13H14N4O. The van der Waals surface area contributed by atoms with Crippen molar-refractivity contribution in [3.05, 3.63) is 36.0 Å². The van der Waals surface area contributed by atoms with E-state index in [0.29, 0.717) is 17.9 Å². The van der Waals surface area contributed by atoms with Gasteiger partial charge in [-0.05, 0) is 24.6 Å². The smallest absolute Gasteiger partial charge is 0.275 e. The van der Waals surface area contributed by atoms with E-state index < -0.39 is 0 Å². The third-order valence-electron chi connectivity index (χ3n) is 3.13. The summed E-state index contributed by atoms with van der Waals surface area (Å²) >= 11 is 0. The van der Waals surface area contributed by atoms with Gasteiger partial charge in [-0.15, -0.1) is 0 Å². The van der Waals surface area contributed by atoms with E-state index in [4.69, 9.17) is 5.73 Å². The van der Waals surface area contributed by atoms with Crippen molar-refractivity contribution in [1.29, 1.82) is 0 Å². The van der Waals surface area contributed by atoms with E-state index in [0.717, 1.165) is 23.9 Å². The average molecular weight is 242 g/mol. The molecule has 2 heterocycles. The fourth-order valence-corrected chi connectivity index (χ4v) is 2.17. The molecule has 3 N–H and O–H groups in total. The first kappa shape index (κ1) is 10.8. The lowest BCUT2D eigenvalue weighted by molar-refractivity contribution is 0.0767. The zero-order valence-electron chi connectivity index (χ0n) is 9.89. The number of rotatable bonds is 1. The van der Waals surface area contributed by atoms with Crippen LogP contribution in [-0.4, -0.2) is 34.1 Å². The minimum Gasteiger partial charge on any atom is -0.399 e. The Morgan fingerprint density at radius 1 is 1.39 bits per heavy atom. The largest absolute Gasteiger partial charge is 0.399 e. The van der Waals surface area contributed by atoms with Crippen molar-refractivity contribution in [3.63, 3.8) is 0 Å². The molecule has 0 fully saturated rings. The molecule has 92 valence electrons. The first-order valence-electron chi connectivity index (χ1n) is 5.93. The number of H-pyrrole nitrogens is 1. The number of benzene rings is 1. The van der Waals surface area contributed by atoms with E-state index in [1.807, 2.05) is 12.1 Å². The van der Waals surface area contributed by atoms with Crippen LogP contribution in [0.15, 0.2) is 30.4 Å². The van der Waals surface area contributed by atoms with Gasteiger partial charge in [0.25, 0.3) is 5.91 Å². The topological polar surface area (TPSA) is 75.0 Å². The van der Waals surface area contributed by atoms with Gasteiger partial charge in [-0.25, -0.2) is 0 Å². The maximum atomic E-state index is 12.4. The Morgan fingerprint density at radius 2 is 2.28 bits per heavy atom. The fraction of sp³-hybridized carbons (Fsp3) is 0.231. The van der Waals surface area contributed by atoms with Crippen molar-refractivity contribution in [2.75, 3.05) is 18.8 Å². The van der Waals surface area contributed by atoms with Gasteiger partial charge < -0.3 is 10.6 Å². The van der Waals surface area contributed by atoms with Crippen molar-refractivity contribution >= 4 is 22.5 Å². The van der Waals surface area contributed by atoms with Gasteiger partial charge in [0.1, 0.15) is 0 Å². The van der Waals surface area contributed by atoms with Gasteiger partial charge >= 0.3 is 0 Å². The number of aromatic amines is 1. The maximum absolute atomic E-state index is 12.4. The SMILES string of the molecule is Nc1ccc2[nH]nc(C(=O)N3CC=CCC3)c2c1. The highest BCUT2D eigenvalue weighted by Gasteiger charge is 2.20. The summed E-state index contributed by atoms with van der Waals surface area (Å²) in [5.74, 6) is -0.0452. The van der Waals surface area contributed by atoms with Crippen LogP contribution >= 0.6 is 0 Å². The Labute approximate surface area is 104 Å². The van der Waals surface area contributed by atoms with Crippen LogP contribution < -0.4 is 5.73 Å². The predicted molar refractivity (Wildman–Crippen MR) is 70.2 cm³/mol. The number of nitrogen functional groups attached to an aromatic ring is 1. The predicted octanol–water partition coefficient (Wildman–Crippen LogP) is 1.55. The number of nitrogens with two attached hydrogens (primary N) is 1. The normalized spacial score (nSPS) is 15.2. The third kappa shape index (κ3) is 1.73. The Bertz CT molecular complexity index is 629. The number of hydrogen-bond acceptors (Lipinski definition) is 3. The molecule has 0 saturated carbocycles. The molecule has 3 rings (SSSR count). The molecule has 0 aliphatic carbocycles. The summed E-state index contributed by atoms with van der Waals surface area (Å²) in [5.41, 5.74) is 7.67. The van der Waals surface area contributed by atoms with Crippen molar-refractivity contribution in [2.45, 2.75) is 6.42 Å². The molecule has 1 aromatic heterocycles. The van der Waals surface area contributed by atoms with E-state index in [1.165, 1.54) is 0 Å². The lowest BCUT2D eigenvalue weighted by Crippen LogP contribution is -2.34. The Hall–Kier alpha value is -2.30. The number of nitrogens with one attached hydrogen (secondary N) is 1. The van der Waals surface area contributed by atoms with Crippen LogP contribution in [0.25, 0.3) is 10.9 Å². The second kappa shape index (κ2) is 4.18. The van der Waals surface area contributed by atoms with Gasteiger partial charge in [-0.1, -0.05) is 12.2 Å². The van der Waals surface area contributed by atoms with Gasteiger partial charge in [-0.3, -0.25) is 9.89 Å². The Balaban J connectivity index is 2.00. The van der Waals surface area contributed by atoms with Crippen molar-refractivity contribution in [1.82, 2.24) is 15.1 Å². The standard InChI is InChI=1S/C13H14N4O/c14-9-4-5-11-10(8-9)12(16-15-11)13(18)17-6-2-1-3-7-17/h1-2,4-5,8H,3,6-7,14H2,(H,15,16). The van der Waals surface area contributed by atoms with E-state index in [1.54, 1.807) is 17.0 Å². The summed E-state index contributed by atoms with van der Waals surface area (Å²) in [4.78, 5) is 14.1. The van der Waals surface area contributed by atoms with E-state index >= 15 is 0 Å². The van der Waals surface area contributed by atoms with Crippen LogP contribution in [0.3, 0.4) is 0 Å². The van der Waals surface area contributed by atoms with Crippen LogP contribution in [0.5, 0.6) is 0 Å². The van der Waals surface area contributed by atoms with E-state index in [9.17, 15) is 4.79 Å². The summed E-state index contributed by atoms with van der Waals surface area (Å²) in [6.45, 7) is 1.39. The van der Waals surface area contributed by atoms with E-state index in [-0.39, 0.29) is 5.91 Å². The minimum absolute atomic E-state index is 0.0452. The number of fused-ring (bicyclic) bond motifs is 1. The number of carbonyl (C=O) groups excluding carboxylic acids is 1. The van der Waals surface area contributed by atoms with Gasteiger partial charge in [-0.2, -0.15) is 5.10 Å². The lowest BCUT2D eigenvalue weighted by Gasteiger charge is -2.22. The summed E-state index contributed by atoms with van der Waals surface area (Å²) in [7, 11) is 0. The molecular weight excluding hydrogens is 228 g/mol. The molecule has 1 aliphatic heterocycles. The molecule has 18 heavy (non-hydrogen) atoms. The van der Waals surface area contributed by atoms with Crippen LogP contribution in [0, 0.1) is 0 Å². The molecule has 1 aliphatic rings. The number of aromatic nitrogens is 2. The van der Waals surface area contributed by atoms with Crippen LogP contribution in [-0.2, 0) is 0 Å². The minimum atomic E-state index is -0.0452. The number of nitrogens with zero attached hydrogens (tertiary/aromatic N) is 2. The molecule has 1 aromatic carbocycles. The Morgan fingerprint density at radius 3 is 3.06 bits per heavy atom. The van der Waals surface area contributed by atoms with Crippen LogP contribution in [0.2, 0.25) is 0 Å². The van der Waals surface area contributed by atoms with Crippen LogP contribution in [0.1, 0.15) is 16.9 Å². The lowest BCUT2D eigenvalue weighted by atomic mass is 10.1. The van der Waals surface area contributed by atoms with Gasteiger partial charge in [0.2, 0.25) is 0 Å². The Kier molecular flexibility index (Phi) is 2.51. The summed E-state index contributed by atoms with van der Waals surface area (Å²) in [6, 6.07) is 5.41. The van der Waals surface area contributed by atoms with Crippen LogP contribution in [0.4, 0.5) is 5.69 Å². The first-order valence-corrected chi connectivity index (χ1v) is 5.93. The molecule has 2 aromatic rings. The molecule has 0 saturated heterocycles. The zero-order valence-corrected chi connectivity index (χ0v) is 9.89. The molecule has 1 amide bonds. The number of hydrogen-bond donors (Lipinski definition) is 2. The molecule has 0 atom stereocenters. The quantitative estimate of drug-likeness (QED) is 0.588. The van der Waals surface area contributed by atoms with Gasteiger partial charge in [0.05, 0.1) is 5.52 Å². The molecule has 0 unspecified atom stereocenters. The summed E-state index contributed by atoms with van der Waals surface area (Å²) in [6.07, 6.45) is 4.99. The second-order valence-corrected chi connectivity index (χ2v) is 4.39. The average Bonchev–Trinajstić information content (AvgIpc) is 2.82. The monoisotopic (exact) mass is 242 g/mol. The highest BCUT2D eigenvalue weighted by molar-refractivity contribution is 6.05. The third-order valence-corrected chi connectivity index (χ3v) is 3.13. The van der Waals surface area contributed by atoms with Crippen molar-refractivity contribution < 1.29 is 4.79 Å².